The molecule has 0 bridgehead atoms. The zero-order valence-corrected chi connectivity index (χ0v) is 7.07. The fraction of sp³-hybridized carbons (Fsp3) is 0.300. The van der Waals surface area contributed by atoms with Gasteiger partial charge in [0.2, 0.25) is 0 Å². The smallest absolute Gasteiger partial charge is 0.141 e. The summed E-state index contributed by atoms with van der Waals surface area (Å²) < 4.78 is 12.4. The van der Waals surface area contributed by atoms with Crippen LogP contribution in [0, 0.1) is 18.2 Å². The Bertz CT molecular complexity index is 302. The van der Waals surface area contributed by atoms with Crippen molar-refractivity contribution in [3.05, 3.63) is 29.8 Å². The number of hydrogen-bond donors (Lipinski definition) is 1. The molecule has 13 heavy (non-hydrogen) atoms. The van der Waals surface area contributed by atoms with Crippen molar-refractivity contribution in [1.29, 1.82) is 0 Å². The molecule has 2 nitrogen and oxygen atoms in total. The average Bonchev–Trinajstić information content (AvgIpc) is 2.15. The number of terminal acetylenes is 1. The quantitative estimate of drug-likeness (QED) is 0.716. The minimum absolute atomic E-state index is 0.409. The molecule has 0 aliphatic carbocycles. The zero-order valence-electron chi connectivity index (χ0n) is 7.07. The van der Waals surface area contributed by atoms with Gasteiger partial charge in [-0.25, -0.2) is 4.39 Å². The SMILES string of the molecule is C#CCCC(O)c1ccc(F)cn1. The molecule has 0 aromatic carbocycles. The van der Waals surface area contributed by atoms with Crippen molar-refractivity contribution >= 4 is 0 Å². The molecule has 1 heterocycles. The first-order valence-electron chi connectivity index (χ1n) is 3.97. The summed E-state index contributed by atoms with van der Waals surface area (Å²) in [6.45, 7) is 0. The highest BCUT2D eigenvalue weighted by Crippen LogP contribution is 2.15. The molecule has 0 aliphatic heterocycles. The van der Waals surface area contributed by atoms with Crippen LogP contribution in [0.1, 0.15) is 24.6 Å². The molecule has 1 unspecified atom stereocenters. The molecule has 0 saturated carbocycles. The van der Waals surface area contributed by atoms with Crippen molar-refractivity contribution in [3.63, 3.8) is 0 Å². The highest BCUT2D eigenvalue weighted by atomic mass is 19.1. The van der Waals surface area contributed by atoms with Crippen LogP contribution >= 0.6 is 0 Å². The van der Waals surface area contributed by atoms with Gasteiger partial charge in [0.1, 0.15) is 5.82 Å². The summed E-state index contributed by atoms with van der Waals surface area (Å²) in [6.07, 6.45) is 6.36. The van der Waals surface area contributed by atoms with E-state index in [1.54, 1.807) is 0 Å². The third kappa shape index (κ3) is 2.85. The first kappa shape index (κ1) is 9.69. The van der Waals surface area contributed by atoms with E-state index in [0.717, 1.165) is 6.20 Å². The molecule has 0 radical (unpaired) electrons. The van der Waals surface area contributed by atoms with Crippen LogP contribution in [-0.2, 0) is 0 Å². The molecule has 0 saturated heterocycles. The second kappa shape index (κ2) is 4.58. The predicted octanol–water partition coefficient (Wildman–Crippen LogP) is 1.67. The van der Waals surface area contributed by atoms with Crippen LogP contribution in [-0.4, -0.2) is 10.1 Å². The lowest BCUT2D eigenvalue weighted by molar-refractivity contribution is 0.164. The summed E-state index contributed by atoms with van der Waals surface area (Å²) >= 11 is 0. The van der Waals surface area contributed by atoms with Crippen molar-refractivity contribution in [1.82, 2.24) is 4.98 Å². The Morgan fingerprint density at radius 2 is 2.38 bits per heavy atom. The summed E-state index contributed by atoms with van der Waals surface area (Å²) in [7, 11) is 0. The van der Waals surface area contributed by atoms with Crippen molar-refractivity contribution in [3.8, 4) is 12.3 Å². The molecule has 3 heteroatoms. The zero-order chi connectivity index (χ0) is 9.68. The molecule has 1 atom stereocenters. The van der Waals surface area contributed by atoms with E-state index in [9.17, 15) is 9.50 Å². The minimum atomic E-state index is -0.698. The van der Waals surface area contributed by atoms with Gasteiger partial charge in [0, 0.05) is 6.42 Å². The van der Waals surface area contributed by atoms with Crippen molar-refractivity contribution < 1.29 is 9.50 Å². The van der Waals surface area contributed by atoms with E-state index in [4.69, 9.17) is 6.42 Å². The maximum absolute atomic E-state index is 12.4. The summed E-state index contributed by atoms with van der Waals surface area (Å²) in [5.41, 5.74) is 0.455. The van der Waals surface area contributed by atoms with E-state index >= 15 is 0 Å². The van der Waals surface area contributed by atoms with Crippen LogP contribution in [0.5, 0.6) is 0 Å². The maximum Gasteiger partial charge on any atom is 0.141 e. The van der Waals surface area contributed by atoms with E-state index in [2.05, 4.69) is 10.9 Å². The molecule has 1 aromatic heterocycles. The van der Waals surface area contributed by atoms with Gasteiger partial charge >= 0.3 is 0 Å². The standard InChI is InChI=1S/C10H10FNO/c1-2-3-4-10(13)9-6-5-8(11)7-12-9/h1,5-7,10,13H,3-4H2. The van der Waals surface area contributed by atoms with Crippen LogP contribution in [0.3, 0.4) is 0 Å². The molecular weight excluding hydrogens is 169 g/mol. The first-order valence-corrected chi connectivity index (χ1v) is 3.97. The van der Waals surface area contributed by atoms with E-state index in [1.165, 1.54) is 12.1 Å². The van der Waals surface area contributed by atoms with Gasteiger partial charge in [0.05, 0.1) is 18.0 Å². The summed E-state index contributed by atoms with van der Waals surface area (Å²) in [5.74, 6) is 2.01. The Kier molecular flexibility index (Phi) is 3.41. The fourth-order valence-electron chi connectivity index (χ4n) is 0.952. The van der Waals surface area contributed by atoms with Gasteiger partial charge in [-0.05, 0) is 18.6 Å². The number of aliphatic hydroxyl groups excluding tert-OH is 1. The van der Waals surface area contributed by atoms with Crippen LogP contribution in [0.4, 0.5) is 4.39 Å². The van der Waals surface area contributed by atoms with Crippen LogP contribution in [0.15, 0.2) is 18.3 Å². The number of halogens is 1. The minimum Gasteiger partial charge on any atom is -0.387 e. The first-order chi connectivity index (χ1) is 6.24. The molecule has 68 valence electrons. The molecule has 0 amide bonds. The molecular formula is C10H10FNO. The fourth-order valence-corrected chi connectivity index (χ4v) is 0.952. The lowest BCUT2D eigenvalue weighted by atomic mass is 10.1. The van der Waals surface area contributed by atoms with Crippen LogP contribution in [0.2, 0.25) is 0 Å². The third-order valence-electron chi connectivity index (χ3n) is 1.65. The van der Waals surface area contributed by atoms with E-state index < -0.39 is 11.9 Å². The molecule has 1 rings (SSSR count). The summed E-state index contributed by atoms with van der Waals surface area (Å²) in [4.78, 5) is 3.74. The maximum atomic E-state index is 12.4. The van der Waals surface area contributed by atoms with Gasteiger partial charge in [-0.2, -0.15) is 0 Å². The monoisotopic (exact) mass is 179 g/mol. The topological polar surface area (TPSA) is 33.1 Å². The summed E-state index contributed by atoms with van der Waals surface area (Å²) in [6, 6.07) is 2.72. The second-order valence-electron chi connectivity index (χ2n) is 2.66. The van der Waals surface area contributed by atoms with Gasteiger partial charge in [0.15, 0.2) is 0 Å². The van der Waals surface area contributed by atoms with Gasteiger partial charge in [-0.15, -0.1) is 12.3 Å². The normalized spacial score (nSPS) is 12.1. The Morgan fingerprint density at radius 3 is 2.92 bits per heavy atom. The third-order valence-corrected chi connectivity index (χ3v) is 1.65. The van der Waals surface area contributed by atoms with Crippen molar-refractivity contribution in [2.45, 2.75) is 18.9 Å². The van der Waals surface area contributed by atoms with Gasteiger partial charge in [-0.1, -0.05) is 0 Å². The van der Waals surface area contributed by atoms with Crippen molar-refractivity contribution in [2.24, 2.45) is 0 Å². The molecule has 0 fully saturated rings. The Morgan fingerprint density at radius 1 is 1.62 bits per heavy atom. The van der Waals surface area contributed by atoms with Gasteiger partial charge in [0.25, 0.3) is 0 Å². The highest BCUT2D eigenvalue weighted by Gasteiger charge is 2.07. The number of rotatable bonds is 3. The van der Waals surface area contributed by atoms with Crippen LogP contribution in [0.25, 0.3) is 0 Å². The largest absolute Gasteiger partial charge is 0.387 e. The Hall–Kier alpha value is -1.40. The van der Waals surface area contributed by atoms with Crippen molar-refractivity contribution in [2.75, 3.05) is 0 Å². The number of pyridine rings is 1. The van der Waals surface area contributed by atoms with E-state index in [0.29, 0.717) is 18.5 Å². The predicted molar refractivity (Wildman–Crippen MR) is 47.2 cm³/mol. The molecule has 0 spiro atoms. The number of nitrogens with zero attached hydrogens (tertiary/aromatic N) is 1. The van der Waals surface area contributed by atoms with Gasteiger partial charge < -0.3 is 5.11 Å². The average molecular weight is 179 g/mol. The molecule has 0 aliphatic rings. The number of hydrogen-bond acceptors (Lipinski definition) is 2. The van der Waals surface area contributed by atoms with E-state index in [-0.39, 0.29) is 0 Å². The molecule has 1 N–H and O–H groups in total. The highest BCUT2D eigenvalue weighted by molar-refractivity contribution is 5.08. The number of aromatic nitrogens is 1. The lowest BCUT2D eigenvalue weighted by Gasteiger charge is -2.06. The molecule has 1 aromatic rings. The number of aliphatic hydroxyl groups is 1. The van der Waals surface area contributed by atoms with E-state index in [1.807, 2.05) is 0 Å². The summed E-state index contributed by atoms with van der Waals surface area (Å²) in [5, 5.41) is 9.46. The van der Waals surface area contributed by atoms with Crippen LogP contribution < -0.4 is 0 Å². The lowest BCUT2D eigenvalue weighted by Crippen LogP contribution is -1.99. The Balaban J connectivity index is 2.62. The second-order valence-corrected chi connectivity index (χ2v) is 2.66. The van der Waals surface area contributed by atoms with Gasteiger partial charge in [-0.3, -0.25) is 4.98 Å². The Labute approximate surface area is 76.4 Å².